The Morgan fingerprint density at radius 1 is 1.13 bits per heavy atom. The van der Waals surface area contributed by atoms with Gasteiger partial charge in [-0.25, -0.2) is 0 Å². The monoisotopic (exact) mass is 408 g/mol. The summed E-state index contributed by atoms with van der Waals surface area (Å²) in [5, 5.41) is 22.0. The van der Waals surface area contributed by atoms with E-state index in [4.69, 9.17) is 14.2 Å². The van der Waals surface area contributed by atoms with Gasteiger partial charge in [-0.1, -0.05) is 24.3 Å². The van der Waals surface area contributed by atoms with Gasteiger partial charge in [0.25, 0.3) is 5.91 Å². The Kier molecular flexibility index (Phi) is 8.33. The van der Waals surface area contributed by atoms with Crippen LogP contribution in [-0.2, 0) is 11.2 Å². The van der Waals surface area contributed by atoms with Crippen LogP contribution in [0.15, 0.2) is 54.1 Å². The summed E-state index contributed by atoms with van der Waals surface area (Å²) in [6.45, 7) is 0.390. The maximum absolute atomic E-state index is 12.2. The molecule has 2 aromatic carbocycles. The van der Waals surface area contributed by atoms with E-state index in [9.17, 15) is 15.2 Å². The van der Waals surface area contributed by atoms with Crippen molar-refractivity contribution >= 4 is 12.0 Å². The van der Waals surface area contributed by atoms with Crippen molar-refractivity contribution in [2.45, 2.75) is 6.42 Å². The first kappa shape index (κ1) is 22.4. The molecule has 7 nitrogen and oxygen atoms in total. The fourth-order valence-corrected chi connectivity index (χ4v) is 2.67. The van der Waals surface area contributed by atoms with E-state index in [1.165, 1.54) is 20.3 Å². The summed E-state index contributed by atoms with van der Waals surface area (Å²) in [4.78, 5) is 12.2. The third-order valence-electron chi connectivity index (χ3n) is 4.25. The number of phenols is 1. The molecule has 0 fully saturated rings. The van der Waals surface area contributed by atoms with E-state index in [-0.39, 0.29) is 22.8 Å². The van der Waals surface area contributed by atoms with Crippen LogP contribution in [0.2, 0.25) is 0 Å². The molecule has 0 radical (unpaired) electrons. The van der Waals surface area contributed by atoms with Gasteiger partial charge in [0.05, 0.1) is 21.3 Å². The zero-order chi connectivity index (χ0) is 21.9. The van der Waals surface area contributed by atoms with Crippen molar-refractivity contribution in [3.8, 4) is 29.1 Å². The van der Waals surface area contributed by atoms with E-state index in [1.807, 2.05) is 30.3 Å². The van der Waals surface area contributed by atoms with E-state index >= 15 is 0 Å². The Bertz CT molecular complexity index is 964. The van der Waals surface area contributed by atoms with Crippen LogP contribution in [-0.4, -0.2) is 38.9 Å². The average molecular weight is 408 g/mol. The van der Waals surface area contributed by atoms with Gasteiger partial charge in [0.15, 0.2) is 11.5 Å². The summed E-state index contributed by atoms with van der Waals surface area (Å²) >= 11 is 0. The SMILES string of the molecule is COc1cccc(CCNC(=O)/C(C#N)=C/C=C/c2cc(OC)c(O)c(OC)c2)c1. The third-order valence-corrected chi connectivity index (χ3v) is 4.25. The number of allylic oxidation sites excluding steroid dienone is 2. The van der Waals surface area contributed by atoms with Gasteiger partial charge in [-0.15, -0.1) is 0 Å². The zero-order valence-electron chi connectivity index (χ0n) is 17.1. The zero-order valence-corrected chi connectivity index (χ0v) is 17.1. The normalized spacial score (nSPS) is 11.1. The van der Waals surface area contributed by atoms with E-state index in [1.54, 1.807) is 31.4 Å². The molecule has 0 atom stereocenters. The van der Waals surface area contributed by atoms with Crippen molar-refractivity contribution in [1.82, 2.24) is 5.32 Å². The van der Waals surface area contributed by atoms with Crippen molar-refractivity contribution in [1.29, 1.82) is 5.26 Å². The number of carbonyl (C=O) groups is 1. The first-order valence-electron chi connectivity index (χ1n) is 9.17. The van der Waals surface area contributed by atoms with Crippen LogP contribution >= 0.6 is 0 Å². The second-order valence-electron chi connectivity index (χ2n) is 6.18. The molecule has 0 spiro atoms. The van der Waals surface area contributed by atoms with Crippen molar-refractivity contribution in [3.63, 3.8) is 0 Å². The summed E-state index contributed by atoms with van der Waals surface area (Å²) in [6, 6.07) is 12.7. The standard InChI is InChI=1S/C23H24N2O5/c1-28-19-9-5-6-16(12-19)10-11-25-23(27)18(15-24)8-4-7-17-13-20(29-2)22(26)21(14-17)30-3/h4-9,12-14,26H,10-11H2,1-3H3,(H,25,27)/b7-4+,18-8+. The van der Waals surface area contributed by atoms with Crippen LogP contribution in [0.4, 0.5) is 0 Å². The molecule has 2 rings (SSSR count). The maximum atomic E-state index is 12.2. The summed E-state index contributed by atoms with van der Waals surface area (Å²) < 4.78 is 15.4. The van der Waals surface area contributed by atoms with Crippen molar-refractivity contribution in [2.24, 2.45) is 0 Å². The first-order chi connectivity index (χ1) is 14.5. The number of hydrogen-bond donors (Lipinski definition) is 2. The second-order valence-corrected chi connectivity index (χ2v) is 6.18. The van der Waals surface area contributed by atoms with Gasteiger partial charge in [-0.2, -0.15) is 5.26 Å². The molecule has 0 aliphatic heterocycles. The lowest BCUT2D eigenvalue weighted by Gasteiger charge is -2.09. The van der Waals surface area contributed by atoms with Gasteiger partial charge in [-0.3, -0.25) is 4.79 Å². The highest BCUT2D eigenvalue weighted by Gasteiger charge is 2.10. The molecule has 0 saturated carbocycles. The third kappa shape index (κ3) is 6.04. The molecule has 0 bridgehead atoms. The molecule has 0 aliphatic carbocycles. The number of nitriles is 1. The molecule has 0 aromatic heterocycles. The van der Waals surface area contributed by atoms with Gasteiger partial charge in [-0.05, 0) is 47.9 Å². The molecule has 0 aliphatic rings. The van der Waals surface area contributed by atoms with E-state index < -0.39 is 5.91 Å². The van der Waals surface area contributed by atoms with Crippen LogP contribution in [0.5, 0.6) is 23.0 Å². The van der Waals surface area contributed by atoms with Crippen LogP contribution < -0.4 is 19.5 Å². The van der Waals surface area contributed by atoms with E-state index in [0.29, 0.717) is 18.5 Å². The first-order valence-corrected chi connectivity index (χ1v) is 9.17. The number of nitrogens with zero attached hydrogens (tertiary/aromatic N) is 1. The highest BCUT2D eigenvalue weighted by Crippen LogP contribution is 2.37. The van der Waals surface area contributed by atoms with Crippen LogP contribution in [0.3, 0.4) is 0 Å². The number of benzene rings is 2. The Balaban J connectivity index is 2.01. The highest BCUT2D eigenvalue weighted by molar-refractivity contribution is 5.97. The lowest BCUT2D eigenvalue weighted by Crippen LogP contribution is -2.26. The minimum absolute atomic E-state index is 0.0189. The van der Waals surface area contributed by atoms with Crippen LogP contribution in [0.25, 0.3) is 6.08 Å². The number of phenolic OH excluding ortho intramolecular Hbond substituents is 1. The molecule has 2 N–H and O–H groups in total. The Labute approximate surface area is 175 Å². The lowest BCUT2D eigenvalue weighted by molar-refractivity contribution is -0.117. The number of ether oxygens (including phenoxy) is 3. The van der Waals surface area contributed by atoms with Gasteiger partial charge in [0, 0.05) is 6.54 Å². The topological polar surface area (TPSA) is 101 Å². The largest absolute Gasteiger partial charge is 0.502 e. The van der Waals surface area contributed by atoms with Gasteiger partial charge >= 0.3 is 0 Å². The Morgan fingerprint density at radius 2 is 1.83 bits per heavy atom. The Morgan fingerprint density at radius 3 is 2.43 bits per heavy atom. The molecule has 0 saturated heterocycles. The molecule has 0 heterocycles. The smallest absolute Gasteiger partial charge is 0.261 e. The highest BCUT2D eigenvalue weighted by atomic mass is 16.5. The minimum Gasteiger partial charge on any atom is -0.502 e. The quantitative estimate of drug-likeness (QED) is 0.375. The second kappa shape index (κ2) is 11.2. The number of aromatic hydroxyl groups is 1. The molecular formula is C23H24N2O5. The van der Waals surface area contributed by atoms with Gasteiger partial charge in [0.2, 0.25) is 5.75 Å². The van der Waals surface area contributed by atoms with E-state index in [2.05, 4.69) is 5.32 Å². The van der Waals surface area contributed by atoms with Crippen molar-refractivity contribution < 1.29 is 24.1 Å². The van der Waals surface area contributed by atoms with Gasteiger partial charge in [0.1, 0.15) is 17.4 Å². The summed E-state index contributed by atoms with van der Waals surface area (Å²) in [5.74, 6) is 0.721. The number of nitrogens with one attached hydrogen (secondary N) is 1. The number of hydrogen-bond acceptors (Lipinski definition) is 6. The Hall–Kier alpha value is -3.92. The van der Waals surface area contributed by atoms with Crippen molar-refractivity contribution in [3.05, 3.63) is 65.3 Å². The molecule has 30 heavy (non-hydrogen) atoms. The molecule has 2 aromatic rings. The molecule has 0 unspecified atom stereocenters. The molecule has 7 heteroatoms. The fourth-order valence-electron chi connectivity index (χ4n) is 2.67. The molecule has 1 amide bonds. The van der Waals surface area contributed by atoms with E-state index in [0.717, 1.165) is 11.3 Å². The number of rotatable bonds is 9. The minimum atomic E-state index is -0.453. The van der Waals surface area contributed by atoms with Crippen LogP contribution in [0, 0.1) is 11.3 Å². The summed E-state index contributed by atoms with van der Waals surface area (Å²) in [6.07, 6.45) is 5.29. The maximum Gasteiger partial charge on any atom is 0.261 e. The predicted octanol–water partition coefficient (Wildman–Crippen LogP) is 3.24. The summed E-state index contributed by atoms with van der Waals surface area (Å²) in [5.41, 5.74) is 1.68. The van der Waals surface area contributed by atoms with Crippen molar-refractivity contribution in [2.75, 3.05) is 27.9 Å². The molecule has 156 valence electrons. The van der Waals surface area contributed by atoms with Crippen LogP contribution in [0.1, 0.15) is 11.1 Å². The predicted molar refractivity (Wildman–Crippen MR) is 114 cm³/mol. The fraction of sp³-hybridized carbons (Fsp3) is 0.217. The number of carbonyl (C=O) groups excluding carboxylic acids is 1. The average Bonchev–Trinajstić information content (AvgIpc) is 2.77. The summed E-state index contributed by atoms with van der Waals surface area (Å²) in [7, 11) is 4.47. The molecular weight excluding hydrogens is 384 g/mol. The lowest BCUT2D eigenvalue weighted by atomic mass is 10.1. The van der Waals surface area contributed by atoms with Gasteiger partial charge < -0.3 is 24.6 Å². The number of methoxy groups -OCH3 is 3. The number of amides is 1.